The molecule has 2 N–H and O–H groups in total. The van der Waals surface area contributed by atoms with E-state index in [9.17, 15) is 9.50 Å². The average Bonchev–Trinajstić information content (AvgIpc) is 2.43. The van der Waals surface area contributed by atoms with E-state index in [1.165, 1.54) is 12.1 Å². The van der Waals surface area contributed by atoms with Crippen LogP contribution in [0.25, 0.3) is 0 Å². The predicted molar refractivity (Wildman–Crippen MR) is 77.1 cm³/mol. The van der Waals surface area contributed by atoms with E-state index >= 15 is 0 Å². The summed E-state index contributed by atoms with van der Waals surface area (Å²) in [5, 5.41) is 13.8. The van der Waals surface area contributed by atoms with Gasteiger partial charge in [0.25, 0.3) is 0 Å². The fourth-order valence-corrected chi connectivity index (χ4v) is 1.98. The first kappa shape index (κ1) is 14.9. The molecule has 1 heterocycles. The van der Waals surface area contributed by atoms with E-state index in [2.05, 4.69) is 10.3 Å². The number of aliphatic hydroxyl groups is 1. The molecule has 0 saturated carbocycles. The summed E-state index contributed by atoms with van der Waals surface area (Å²) in [7, 11) is 0. The minimum Gasteiger partial charge on any atom is -0.385 e. The molecular formula is C15H16ClFN2O. The molecule has 0 bridgehead atoms. The summed E-state index contributed by atoms with van der Waals surface area (Å²) >= 11 is 5.96. The van der Waals surface area contributed by atoms with Gasteiger partial charge in [-0.3, -0.25) is 4.98 Å². The van der Waals surface area contributed by atoms with Crippen molar-refractivity contribution < 1.29 is 9.50 Å². The molecule has 0 radical (unpaired) electrons. The first-order valence-corrected chi connectivity index (χ1v) is 6.69. The number of benzene rings is 1. The Kier molecular flexibility index (Phi) is 5.06. The molecule has 2 aromatic rings. The van der Waals surface area contributed by atoms with Crippen LogP contribution in [-0.4, -0.2) is 16.6 Å². The average molecular weight is 295 g/mol. The van der Waals surface area contributed by atoms with Crippen LogP contribution in [0.15, 0.2) is 36.5 Å². The molecule has 5 heteroatoms. The summed E-state index contributed by atoms with van der Waals surface area (Å²) in [6.45, 7) is 2.92. The Labute approximate surface area is 122 Å². The van der Waals surface area contributed by atoms with Gasteiger partial charge in [-0.15, -0.1) is 0 Å². The molecule has 2 rings (SSSR count). The smallest absolute Gasteiger partial charge is 0.141 e. The van der Waals surface area contributed by atoms with Crippen LogP contribution >= 0.6 is 11.6 Å². The Hall–Kier alpha value is -1.49. The third-order valence-corrected chi connectivity index (χ3v) is 3.40. The monoisotopic (exact) mass is 294 g/mol. The molecule has 3 nitrogen and oxygen atoms in total. The van der Waals surface area contributed by atoms with Crippen molar-refractivity contribution >= 4 is 11.6 Å². The van der Waals surface area contributed by atoms with Crippen LogP contribution in [0.1, 0.15) is 22.9 Å². The Bertz CT molecular complexity index is 575. The van der Waals surface area contributed by atoms with Crippen LogP contribution in [0, 0.1) is 12.7 Å². The normalized spacial score (nSPS) is 12.4. The highest BCUT2D eigenvalue weighted by Crippen LogP contribution is 2.16. The van der Waals surface area contributed by atoms with E-state index in [0.717, 1.165) is 22.3 Å². The number of aromatic nitrogens is 1. The number of nitrogens with one attached hydrogen (secondary N) is 1. The molecule has 0 amide bonds. The Balaban J connectivity index is 1.86. The number of hydrogen-bond donors (Lipinski definition) is 2. The van der Waals surface area contributed by atoms with Crippen molar-refractivity contribution in [2.24, 2.45) is 0 Å². The standard InChI is InChI=1S/C15H16ClFN2O/c1-10-6-11(2-4-13(10)16)7-18-9-15(20)14-5-3-12(17)8-19-14/h2-6,8,15,18,20H,7,9H2,1H3. The van der Waals surface area contributed by atoms with Crippen LogP contribution in [-0.2, 0) is 6.54 Å². The third kappa shape index (κ3) is 4.00. The van der Waals surface area contributed by atoms with Crippen molar-refractivity contribution in [3.8, 4) is 0 Å². The zero-order valence-electron chi connectivity index (χ0n) is 11.1. The van der Waals surface area contributed by atoms with Gasteiger partial charge in [0.15, 0.2) is 0 Å². The molecule has 1 unspecified atom stereocenters. The van der Waals surface area contributed by atoms with Crippen LogP contribution in [0.5, 0.6) is 0 Å². The molecule has 106 valence electrons. The van der Waals surface area contributed by atoms with Gasteiger partial charge in [-0.05, 0) is 36.2 Å². The second kappa shape index (κ2) is 6.79. The summed E-state index contributed by atoms with van der Waals surface area (Å²) in [4.78, 5) is 3.85. The lowest BCUT2D eigenvalue weighted by Crippen LogP contribution is -2.21. The maximum Gasteiger partial charge on any atom is 0.141 e. The summed E-state index contributed by atoms with van der Waals surface area (Å²) in [5.74, 6) is -0.412. The highest BCUT2D eigenvalue weighted by atomic mass is 35.5. The van der Waals surface area contributed by atoms with Gasteiger partial charge in [0, 0.05) is 18.1 Å². The number of aliphatic hydroxyl groups excluding tert-OH is 1. The quantitative estimate of drug-likeness (QED) is 0.891. The van der Waals surface area contributed by atoms with Gasteiger partial charge in [-0.1, -0.05) is 23.7 Å². The van der Waals surface area contributed by atoms with E-state index in [1.54, 1.807) is 0 Å². The van der Waals surface area contributed by atoms with Crippen molar-refractivity contribution in [2.45, 2.75) is 19.6 Å². The molecule has 0 aliphatic heterocycles. The van der Waals surface area contributed by atoms with Gasteiger partial charge in [-0.2, -0.15) is 0 Å². The Morgan fingerprint density at radius 2 is 2.15 bits per heavy atom. The number of halogens is 2. The van der Waals surface area contributed by atoms with Gasteiger partial charge in [0.1, 0.15) is 11.9 Å². The van der Waals surface area contributed by atoms with E-state index in [-0.39, 0.29) is 0 Å². The Morgan fingerprint density at radius 1 is 1.35 bits per heavy atom. The van der Waals surface area contributed by atoms with Crippen molar-refractivity contribution in [2.75, 3.05) is 6.54 Å². The molecule has 0 spiro atoms. The number of aryl methyl sites for hydroxylation is 1. The van der Waals surface area contributed by atoms with Crippen LogP contribution in [0.2, 0.25) is 5.02 Å². The minimum atomic E-state index is -0.760. The van der Waals surface area contributed by atoms with Gasteiger partial charge >= 0.3 is 0 Å². The van der Waals surface area contributed by atoms with E-state index in [4.69, 9.17) is 11.6 Å². The van der Waals surface area contributed by atoms with Gasteiger partial charge in [0.2, 0.25) is 0 Å². The third-order valence-electron chi connectivity index (χ3n) is 2.98. The van der Waals surface area contributed by atoms with Crippen LogP contribution in [0.3, 0.4) is 0 Å². The van der Waals surface area contributed by atoms with Gasteiger partial charge in [0.05, 0.1) is 11.9 Å². The summed E-state index contributed by atoms with van der Waals surface area (Å²) in [6, 6.07) is 8.55. The lowest BCUT2D eigenvalue weighted by atomic mass is 10.1. The largest absolute Gasteiger partial charge is 0.385 e. The van der Waals surface area contributed by atoms with Crippen LogP contribution in [0.4, 0.5) is 4.39 Å². The summed E-state index contributed by atoms with van der Waals surface area (Å²) in [5.41, 5.74) is 2.56. The van der Waals surface area contributed by atoms with Gasteiger partial charge < -0.3 is 10.4 Å². The van der Waals surface area contributed by atoms with Crippen molar-refractivity contribution in [3.05, 3.63) is 64.2 Å². The summed E-state index contributed by atoms with van der Waals surface area (Å²) in [6.07, 6.45) is 0.338. The second-order valence-electron chi connectivity index (χ2n) is 4.63. The minimum absolute atomic E-state index is 0.348. The van der Waals surface area contributed by atoms with Crippen molar-refractivity contribution in [1.82, 2.24) is 10.3 Å². The number of pyridine rings is 1. The Morgan fingerprint density at radius 3 is 2.80 bits per heavy atom. The predicted octanol–water partition coefficient (Wildman–Crippen LogP) is 3.01. The van der Waals surface area contributed by atoms with E-state index in [0.29, 0.717) is 18.8 Å². The maximum absolute atomic E-state index is 12.7. The lowest BCUT2D eigenvalue weighted by Gasteiger charge is -2.12. The van der Waals surface area contributed by atoms with E-state index < -0.39 is 11.9 Å². The SMILES string of the molecule is Cc1cc(CNCC(O)c2ccc(F)cn2)ccc1Cl. The van der Waals surface area contributed by atoms with Crippen LogP contribution < -0.4 is 5.32 Å². The molecule has 1 aromatic carbocycles. The zero-order valence-corrected chi connectivity index (χ0v) is 11.9. The summed E-state index contributed by atoms with van der Waals surface area (Å²) < 4.78 is 12.7. The maximum atomic E-state index is 12.7. The van der Waals surface area contributed by atoms with E-state index in [1.807, 2.05) is 25.1 Å². The first-order valence-electron chi connectivity index (χ1n) is 6.31. The topological polar surface area (TPSA) is 45.1 Å². The first-order chi connectivity index (χ1) is 9.56. The highest BCUT2D eigenvalue weighted by molar-refractivity contribution is 6.31. The molecule has 0 aliphatic carbocycles. The van der Waals surface area contributed by atoms with Crippen molar-refractivity contribution in [1.29, 1.82) is 0 Å². The molecule has 1 aromatic heterocycles. The van der Waals surface area contributed by atoms with Crippen molar-refractivity contribution in [3.63, 3.8) is 0 Å². The molecule has 0 fully saturated rings. The number of hydrogen-bond acceptors (Lipinski definition) is 3. The second-order valence-corrected chi connectivity index (χ2v) is 5.04. The van der Waals surface area contributed by atoms with Gasteiger partial charge in [-0.25, -0.2) is 4.39 Å². The highest BCUT2D eigenvalue weighted by Gasteiger charge is 2.08. The zero-order chi connectivity index (χ0) is 14.5. The molecule has 20 heavy (non-hydrogen) atoms. The molecular weight excluding hydrogens is 279 g/mol. The number of rotatable bonds is 5. The molecule has 1 atom stereocenters. The lowest BCUT2D eigenvalue weighted by molar-refractivity contribution is 0.169. The molecule has 0 saturated heterocycles. The fraction of sp³-hybridized carbons (Fsp3) is 0.267. The number of nitrogens with zero attached hydrogens (tertiary/aromatic N) is 1. The fourth-order valence-electron chi connectivity index (χ4n) is 1.86. The molecule has 0 aliphatic rings.